The van der Waals surface area contributed by atoms with Crippen LogP contribution in [0, 0.1) is 5.92 Å². The minimum Gasteiger partial charge on any atom is -0.384 e. The highest BCUT2D eigenvalue weighted by Gasteiger charge is 2.18. The van der Waals surface area contributed by atoms with Crippen LogP contribution in [0.15, 0.2) is 0 Å². The Kier molecular flexibility index (Phi) is 9.48. The van der Waals surface area contributed by atoms with Gasteiger partial charge in [0.15, 0.2) is 0 Å². The maximum Gasteiger partial charge on any atom is 0.0502 e. The highest BCUT2D eigenvalue weighted by Crippen LogP contribution is 2.15. The van der Waals surface area contributed by atoms with Crippen molar-refractivity contribution < 1.29 is 9.47 Å². The number of ether oxygens (including phenoxy) is 2. The zero-order chi connectivity index (χ0) is 13.1. The molecule has 4 heteroatoms. The van der Waals surface area contributed by atoms with Crippen LogP contribution in [0.4, 0.5) is 0 Å². The lowest BCUT2D eigenvalue weighted by molar-refractivity contribution is 0.0909. The molecular formula is C14H30N2O2. The third-order valence-electron chi connectivity index (χ3n) is 3.46. The zero-order valence-electron chi connectivity index (χ0n) is 12.1. The van der Waals surface area contributed by atoms with Crippen molar-refractivity contribution in [2.75, 3.05) is 59.7 Å². The summed E-state index contributed by atoms with van der Waals surface area (Å²) in [4.78, 5) is 2.56. The van der Waals surface area contributed by atoms with Crippen LogP contribution >= 0.6 is 0 Å². The van der Waals surface area contributed by atoms with E-state index in [9.17, 15) is 0 Å². The molecule has 1 N–H and O–H groups in total. The molecule has 1 rings (SSSR count). The van der Waals surface area contributed by atoms with Crippen LogP contribution in [0.5, 0.6) is 0 Å². The van der Waals surface area contributed by atoms with Crippen molar-refractivity contribution in [2.45, 2.75) is 26.2 Å². The monoisotopic (exact) mass is 258 g/mol. The normalized spacial score (nSPS) is 21.3. The van der Waals surface area contributed by atoms with E-state index >= 15 is 0 Å². The molecule has 0 saturated carbocycles. The van der Waals surface area contributed by atoms with Gasteiger partial charge < -0.3 is 19.7 Å². The molecule has 0 radical (unpaired) electrons. The Hall–Kier alpha value is -0.160. The number of rotatable bonds is 10. The van der Waals surface area contributed by atoms with Gasteiger partial charge in [-0.15, -0.1) is 0 Å². The molecule has 0 aromatic heterocycles. The molecule has 1 fully saturated rings. The number of likely N-dealkylation sites (tertiary alicyclic amines) is 1. The van der Waals surface area contributed by atoms with E-state index in [0.29, 0.717) is 0 Å². The van der Waals surface area contributed by atoms with Crippen LogP contribution in [-0.4, -0.2) is 64.6 Å². The topological polar surface area (TPSA) is 33.7 Å². The Morgan fingerprint density at radius 2 is 2.22 bits per heavy atom. The first-order valence-electron chi connectivity index (χ1n) is 7.36. The van der Waals surface area contributed by atoms with Gasteiger partial charge in [-0.05, 0) is 45.2 Å². The highest BCUT2D eigenvalue weighted by molar-refractivity contribution is 4.73. The number of hydrogen-bond donors (Lipinski definition) is 1. The van der Waals surface area contributed by atoms with Gasteiger partial charge in [0.2, 0.25) is 0 Å². The van der Waals surface area contributed by atoms with Gasteiger partial charge in [-0.3, -0.25) is 0 Å². The van der Waals surface area contributed by atoms with E-state index in [0.717, 1.165) is 51.8 Å². The van der Waals surface area contributed by atoms with E-state index in [1.165, 1.54) is 25.9 Å². The summed E-state index contributed by atoms with van der Waals surface area (Å²) in [5, 5.41) is 3.49. The zero-order valence-corrected chi connectivity index (χ0v) is 12.1. The van der Waals surface area contributed by atoms with Crippen molar-refractivity contribution in [1.29, 1.82) is 0 Å². The third kappa shape index (κ3) is 7.31. The van der Waals surface area contributed by atoms with Gasteiger partial charge in [0.25, 0.3) is 0 Å². The van der Waals surface area contributed by atoms with Gasteiger partial charge in [-0.1, -0.05) is 0 Å². The van der Waals surface area contributed by atoms with Crippen molar-refractivity contribution in [3.05, 3.63) is 0 Å². The van der Waals surface area contributed by atoms with Gasteiger partial charge in [-0.25, -0.2) is 0 Å². The van der Waals surface area contributed by atoms with Gasteiger partial charge in [0.1, 0.15) is 0 Å². The predicted octanol–water partition coefficient (Wildman–Crippen LogP) is 1.36. The fourth-order valence-electron chi connectivity index (χ4n) is 2.53. The first-order valence-corrected chi connectivity index (χ1v) is 7.36. The predicted molar refractivity (Wildman–Crippen MR) is 75.0 cm³/mol. The summed E-state index contributed by atoms with van der Waals surface area (Å²) in [5.74, 6) is 0.738. The molecule has 1 atom stereocenters. The van der Waals surface area contributed by atoms with E-state index in [1.807, 2.05) is 6.92 Å². The van der Waals surface area contributed by atoms with Crippen molar-refractivity contribution in [1.82, 2.24) is 10.2 Å². The quantitative estimate of drug-likeness (QED) is 0.600. The number of methoxy groups -OCH3 is 1. The summed E-state index contributed by atoms with van der Waals surface area (Å²) in [7, 11) is 1.80. The summed E-state index contributed by atoms with van der Waals surface area (Å²) in [6.45, 7) is 10.4. The lowest BCUT2D eigenvalue weighted by atomic mass is 9.99. The molecule has 4 nitrogen and oxygen atoms in total. The number of hydrogen-bond acceptors (Lipinski definition) is 4. The summed E-state index contributed by atoms with van der Waals surface area (Å²) in [5.41, 5.74) is 0. The number of piperidine rings is 1. The molecule has 1 aliphatic rings. The summed E-state index contributed by atoms with van der Waals surface area (Å²) < 4.78 is 10.6. The molecule has 1 saturated heterocycles. The largest absolute Gasteiger partial charge is 0.384 e. The van der Waals surface area contributed by atoms with Gasteiger partial charge >= 0.3 is 0 Å². The minimum absolute atomic E-state index is 0.738. The Morgan fingerprint density at radius 1 is 1.33 bits per heavy atom. The van der Waals surface area contributed by atoms with Gasteiger partial charge in [0.05, 0.1) is 6.61 Å². The molecule has 1 heterocycles. The Bertz CT molecular complexity index is 189. The molecule has 0 aromatic carbocycles. The smallest absolute Gasteiger partial charge is 0.0502 e. The highest BCUT2D eigenvalue weighted by atomic mass is 16.5. The molecular weight excluding hydrogens is 228 g/mol. The molecule has 0 bridgehead atoms. The average molecular weight is 258 g/mol. The molecule has 0 aromatic rings. The molecule has 108 valence electrons. The first kappa shape index (κ1) is 15.9. The van der Waals surface area contributed by atoms with Gasteiger partial charge in [0, 0.05) is 40.0 Å². The van der Waals surface area contributed by atoms with Crippen molar-refractivity contribution >= 4 is 0 Å². The van der Waals surface area contributed by atoms with E-state index in [-0.39, 0.29) is 0 Å². The standard InChI is InChI=1S/C14H30N2O2/c1-3-18-11-5-7-15-8-10-16-9-4-6-14(12-16)13-17-2/h14-15H,3-13H2,1-2H3. The summed E-state index contributed by atoms with van der Waals surface area (Å²) in [6, 6.07) is 0. The Morgan fingerprint density at radius 3 is 3.00 bits per heavy atom. The van der Waals surface area contributed by atoms with Crippen LogP contribution in [0.3, 0.4) is 0 Å². The molecule has 0 amide bonds. The van der Waals surface area contributed by atoms with Crippen molar-refractivity contribution in [2.24, 2.45) is 5.92 Å². The number of nitrogens with zero attached hydrogens (tertiary/aromatic N) is 1. The van der Waals surface area contributed by atoms with E-state index in [4.69, 9.17) is 9.47 Å². The Balaban J connectivity index is 1.94. The second kappa shape index (κ2) is 10.7. The van der Waals surface area contributed by atoms with Crippen LogP contribution in [0.25, 0.3) is 0 Å². The molecule has 1 aliphatic heterocycles. The second-order valence-electron chi connectivity index (χ2n) is 5.06. The van der Waals surface area contributed by atoms with Crippen LogP contribution in [0.2, 0.25) is 0 Å². The van der Waals surface area contributed by atoms with Crippen LogP contribution in [0.1, 0.15) is 26.2 Å². The molecule has 0 aliphatic carbocycles. The molecule has 18 heavy (non-hydrogen) atoms. The maximum atomic E-state index is 5.31. The molecule has 0 spiro atoms. The van der Waals surface area contributed by atoms with E-state index in [1.54, 1.807) is 7.11 Å². The fourth-order valence-corrected chi connectivity index (χ4v) is 2.53. The summed E-state index contributed by atoms with van der Waals surface area (Å²) in [6.07, 6.45) is 3.75. The SMILES string of the molecule is CCOCCCNCCN1CCCC(COC)C1. The number of nitrogens with one attached hydrogen (secondary N) is 1. The molecule has 1 unspecified atom stereocenters. The van der Waals surface area contributed by atoms with Crippen LogP contribution in [-0.2, 0) is 9.47 Å². The lowest BCUT2D eigenvalue weighted by Gasteiger charge is -2.32. The lowest BCUT2D eigenvalue weighted by Crippen LogP contribution is -2.40. The first-order chi connectivity index (χ1) is 8.86. The van der Waals surface area contributed by atoms with E-state index < -0.39 is 0 Å². The van der Waals surface area contributed by atoms with Gasteiger partial charge in [-0.2, -0.15) is 0 Å². The second-order valence-corrected chi connectivity index (χ2v) is 5.06. The maximum absolute atomic E-state index is 5.31. The van der Waals surface area contributed by atoms with Crippen LogP contribution < -0.4 is 5.32 Å². The summed E-state index contributed by atoms with van der Waals surface area (Å²) >= 11 is 0. The third-order valence-corrected chi connectivity index (χ3v) is 3.46. The fraction of sp³-hybridized carbons (Fsp3) is 1.00. The minimum atomic E-state index is 0.738. The van der Waals surface area contributed by atoms with E-state index in [2.05, 4.69) is 10.2 Å². The Labute approximate surface area is 112 Å². The van der Waals surface area contributed by atoms with Crippen molar-refractivity contribution in [3.8, 4) is 0 Å². The average Bonchev–Trinajstić information content (AvgIpc) is 2.39. The van der Waals surface area contributed by atoms with Crippen molar-refractivity contribution in [3.63, 3.8) is 0 Å².